The van der Waals surface area contributed by atoms with Crippen molar-refractivity contribution in [1.29, 1.82) is 0 Å². The summed E-state index contributed by atoms with van der Waals surface area (Å²) in [6.45, 7) is 3.33. The molecular formula is C23H22N4O. The van der Waals surface area contributed by atoms with E-state index in [0.29, 0.717) is 18.8 Å². The van der Waals surface area contributed by atoms with Crippen LogP contribution in [0.3, 0.4) is 0 Å². The van der Waals surface area contributed by atoms with E-state index in [2.05, 4.69) is 22.2 Å². The van der Waals surface area contributed by atoms with E-state index < -0.39 is 0 Å². The monoisotopic (exact) mass is 370 g/mol. The number of hydrogen-bond donors (Lipinski definition) is 1. The molecule has 5 heteroatoms. The molecule has 0 atom stereocenters. The van der Waals surface area contributed by atoms with Crippen LogP contribution in [-0.4, -0.2) is 27.4 Å². The Morgan fingerprint density at radius 1 is 0.964 bits per heavy atom. The predicted octanol–water partition coefficient (Wildman–Crippen LogP) is 5.23. The summed E-state index contributed by atoms with van der Waals surface area (Å²) in [5, 5.41) is 4.99. The lowest BCUT2D eigenvalue weighted by Crippen LogP contribution is -2.35. The molecule has 4 aromatic rings. The van der Waals surface area contributed by atoms with Crippen molar-refractivity contribution in [3.8, 4) is 0 Å². The van der Waals surface area contributed by atoms with E-state index >= 15 is 0 Å². The number of anilines is 1. The Bertz CT molecular complexity index is 1110. The summed E-state index contributed by atoms with van der Waals surface area (Å²) >= 11 is 0. The quantitative estimate of drug-likeness (QED) is 0.490. The summed E-state index contributed by atoms with van der Waals surface area (Å²) in [6, 6.07) is 19.6. The molecule has 0 aliphatic heterocycles. The standard InChI is InChI=1S/C23H22N4O/c1-2-14-27(16-17-8-4-3-5-9-17)23(28)26-20-15-18-10-6-12-24-21(18)19-11-7-13-25-22(19)20/h3-13,15H,2,14,16H2,1H3,(H,26,28). The molecule has 140 valence electrons. The molecule has 0 fully saturated rings. The lowest BCUT2D eigenvalue weighted by atomic mass is 10.1. The van der Waals surface area contributed by atoms with Crippen molar-refractivity contribution < 1.29 is 4.79 Å². The minimum atomic E-state index is -0.124. The molecule has 0 spiro atoms. The molecule has 0 saturated carbocycles. The Labute approximate surface area is 164 Å². The van der Waals surface area contributed by atoms with Crippen molar-refractivity contribution in [3.05, 3.63) is 78.6 Å². The Hall–Kier alpha value is -3.47. The van der Waals surface area contributed by atoms with E-state index in [1.54, 1.807) is 12.4 Å². The van der Waals surface area contributed by atoms with E-state index in [1.807, 2.05) is 65.6 Å². The van der Waals surface area contributed by atoms with Gasteiger partial charge < -0.3 is 10.2 Å². The first kappa shape index (κ1) is 17.9. The van der Waals surface area contributed by atoms with Crippen molar-refractivity contribution in [3.63, 3.8) is 0 Å². The molecule has 5 nitrogen and oxygen atoms in total. The first-order valence-corrected chi connectivity index (χ1v) is 9.48. The molecule has 0 aliphatic carbocycles. The third-order valence-corrected chi connectivity index (χ3v) is 4.70. The van der Waals surface area contributed by atoms with Gasteiger partial charge >= 0.3 is 6.03 Å². The first-order chi connectivity index (χ1) is 13.8. The molecule has 1 N–H and O–H groups in total. The number of fused-ring (bicyclic) bond motifs is 3. The fourth-order valence-electron chi connectivity index (χ4n) is 3.41. The maximum absolute atomic E-state index is 13.1. The molecule has 0 saturated heterocycles. The lowest BCUT2D eigenvalue weighted by molar-refractivity contribution is 0.209. The van der Waals surface area contributed by atoms with Crippen molar-refractivity contribution in [2.45, 2.75) is 19.9 Å². The summed E-state index contributed by atoms with van der Waals surface area (Å²) < 4.78 is 0. The molecule has 0 unspecified atom stereocenters. The maximum atomic E-state index is 13.1. The number of amides is 2. The van der Waals surface area contributed by atoms with Gasteiger partial charge in [-0.05, 0) is 36.2 Å². The summed E-state index contributed by atoms with van der Waals surface area (Å²) in [4.78, 5) is 23.9. The van der Waals surface area contributed by atoms with Crippen LogP contribution in [0.25, 0.3) is 21.8 Å². The summed E-state index contributed by atoms with van der Waals surface area (Å²) in [5.41, 5.74) is 3.45. The van der Waals surface area contributed by atoms with Gasteiger partial charge in [-0.15, -0.1) is 0 Å². The highest BCUT2D eigenvalue weighted by Gasteiger charge is 2.16. The van der Waals surface area contributed by atoms with Crippen LogP contribution in [0.4, 0.5) is 10.5 Å². The van der Waals surface area contributed by atoms with Gasteiger partial charge in [0.25, 0.3) is 0 Å². The summed E-state index contributed by atoms with van der Waals surface area (Å²) in [5.74, 6) is 0. The molecule has 2 aromatic carbocycles. The second-order valence-corrected chi connectivity index (χ2v) is 6.74. The van der Waals surface area contributed by atoms with Gasteiger partial charge in [0, 0.05) is 36.3 Å². The smallest absolute Gasteiger partial charge is 0.320 e. The van der Waals surface area contributed by atoms with Crippen LogP contribution in [0, 0.1) is 0 Å². The first-order valence-electron chi connectivity index (χ1n) is 9.48. The van der Waals surface area contributed by atoms with Crippen LogP contribution in [-0.2, 0) is 6.54 Å². The third-order valence-electron chi connectivity index (χ3n) is 4.70. The SMILES string of the molecule is CCCN(Cc1ccccc1)C(=O)Nc1cc2cccnc2c2cccnc12. The topological polar surface area (TPSA) is 58.1 Å². The van der Waals surface area contributed by atoms with Gasteiger partial charge in [0.2, 0.25) is 0 Å². The number of carbonyl (C=O) groups is 1. The Morgan fingerprint density at radius 3 is 2.50 bits per heavy atom. The predicted molar refractivity (Wildman–Crippen MR) is 113 cm³/mol. The Kier molecular flexibility index (Phi) is 5.15. The zero-order chi connectivity index (χ0) is 19.3. The molecular weight excluding hydrogens is 348 g/mol. The fraction of sp³-hybridized carbons (Fsp3) is 0.174. The Balaban J connectivity index is 1.68. The van der Waals surface area contributed by atoms with E-state index in [9.17, 15) is 4.79 Å². The lowest BCUT2D eigenvalue weighted by Gasteiger charge is -2.23. The minimum absolute atomic E-state index is 0.124. The highest BCUT2D eigenvalue weighted by Crippen LogP contribution is 2.29. The van der Waals surface area contributed by atoms with Crippen LogP contribution in [0.1, 0.15) is 18.9 Å². The zero-order valence-corrected chi connectivity index (χ0v) is 15.8. The van der Waals surface area contributed by atoms with Crippen LogP contribution < -0.4 is 5.32 Å². The molecule has 0 aliphatic rings. The number of nitrogens with zero attached hydrogens (tertiary/aromatic N) is 3. The van der Waals surface area contributed by atoms with Gasteiger partial charge in [-0.3, -0.25) is 9.97 Å². The second-order valence-electron chi connectivity index (χ2n) is 6.74. The van der Waals surface area contributed by atoms with Gasteiger partial charge in [0.15, 0.2) is 0 Å². The second kappa shape index (κ2) is 8.05. The molecule has 2 amide bonds. The van der Waals surface area contributed by atoms with Crippen LogP contribution in [0.5, 0.6) is 0 Å². The van der Waals surface area contributed by atoms with E-state index in [0.717, 1.165) is 33.8 Å². The van der Waals surface area contributed by atoms with E-state index in [1.165, 1.54) is 0 Å². The molecule has 2 aromatic heterocycles. The highest BCUT2D eigenvalue weighted by molar-refractivity contribution is 6.11. The minimum Gasteiger partial charge on any atom is -0.320 e. The van der Waals surface area contributed by atoms with Crippen molar-refractivity contribution in [1.82, 2.24) is 14.9 Å². The highest BCUT2D eigenvalue weighted by atomic mass is 16.2. The van der Waals surface area contributed by atoms with Crippen molar-refractivity contribution in [2.24, 2.45) is 0 Å². The summed E-state index contributed by atoms with van der Waals surface area (Å²) in [7, 11) is 0. The molecule has 2 heterocycles. The molecule has 28 heavy (non-hydrogen) atoms. The average molecular weight is 370 g/mol. The van der Waals surface area contributed by atoms with Crippen LogP contribution >= 0.6 is 0 Å². The molecule has 0 bridgehead atoms. The van der Waals surface area contributed by atoms with Crippen LogP contribution in [0.15, 0.2) is 73.1 Å². The summed E-state index contributed by atoms with van der Waals surface area (Å²) in [6.07, 6.45) is 4.40. The number of carbonyl (C=O) groups excluding carboxylic acids is 1. The normalized spacial score (nSPS) is 10.9. The number of hydrogen-bond acceptors (Lipinski definition) is 3. The van der Waals surface area contributed by atoms with Crippen LogP contribution in [0.2, 0.25) is 0 Å². The van der Waals surface area contributed by atoms with E-state index in [-0.39, 0.29) is 6.03 Å². The maximum Gasteiger partial charge on any atom is 0.322 e. The largest absolute Gasteiger partial charge is 0.322 e. The number of rotatable bonds is 5. The van der Waals surface area contributed by atoms with Gasteiger partial charge in [-0.2, -0.15) is 0 Å². The number of urea groups is 1. The van der Waals surface area contributed by atoms with Crippen molar-refractivity contribution >= 4 is 33.5 Å². The Morgan fingerprint density at radius 2 is 1.71 bits per heavy atom. The van der Waals surface area contributed by atoms with E-state index in [4.69, 9.17) is 0 Å². The molecule has 4 rings (SSSR count). The number of benzene rings is 2. The third kappa shape index (κ3) is 3.64. The van der Waals surface area contributed by atoms with Gasteiger partial charge in [-0.1, -0.05) is 43.3 Å². The molecule has 0 radical (unpaired) electrons. The number of aromatic nitrogens is 2. The fourth-order valence-corrected chi connectivity index (χ4v) is 3.41. The van der Waals surface area contributed by atoms with Gasteiger partial charge in [0.05, 0.1) is 16.7 Å². The van der Waals surface area contributed by atoms with Gasteiger partial charge in [-0.25, -0.2) is 4.79 Å². The average Bonchev–Trinajstić information content (AvgIpc) is 2.74. The van der Waals surface area contributed by atoms with Gasteiger partial charge in [0.1, 0.15) is 0 Å². The number of nitrogens with one attached hydrogen (secondary N) is 1. The number of pyridine rings is 2. The van der Waals surface area contributed by atoms with Crippen molar-refractivity contribution in [2.75, 3.05) is 11.9 Å². The zero-order valence-electron chi connectivity index (χ0n) is 15.8.